The van der Waals surface area contributed by atoms with Crippen LogP contribution in [0.1, 0.15) is 27.0 Å². The van der Waals surface area contributed by atoms with E-state index in [9.17, 15) is 4.79 Å². The number of hydrogen-bond donors (Lipinski definition) is 1. The van der Waals surface area contributed by atoms with Gasteiger partial charge in [-0.05, 0) is 60.2 Å². The maximum atomic E-state index is 12.1. The lowest BCUT2D eigenvalue weighted by Crippen LogP contribution is -2.17. The van der Waals surface area contributed by atoms with Crippen molar-refractivity contribution in [3.8, 4) is 17.6 Å². The average Bonchev–Trinajstić information content (AvgIpc) is 2.79. The molecule has 0 heterocycles. The van der Waals surface area contributed by atoms with Crippen molar-refractivity contribution < 1.29 is 14.3 Å². The lowest BCUT2D eigenvalue weighted by Gasteiger charge is -2.12. The van der Waals surface area contributed by atoms with Crippen LogP contribution < -0.4 is 14.9 Å². The average molecular weight is 454 g/mol. The summed E-state index contributed by atoms with van der Waals surface area (Å²) < 4.78 is 11.2. The van der Waals surface area contributed by atoms with Gasteiger partial charge >= 0.3 is 0 Å². The normalized spacial score (nSPS) is 10.5. The Kier molecular flexibility index (Phi) is 7.50. The third-order valence-corrected chi connectivity index (χ3v) is 4.83. The number of halogens is 2. The molecule has 0 aromatic heterocycles. The summed E-state index contributed by atoms with van der Waals surface area (Å²) in [5.74, 6) is 0.659. The maximum Gasteiger partial charge on any atom is 0.271 e. The number of carbonyl (C=O) groups is 1. The first-order valence-electron chi connectivity index (χ1n) is 9.08. The van der Waals surface area contributed by atoms with Crippen molar-refractivity contribution in [1.29, 1.82) is 5.26 Å². The second kappa shape index (κ2) is 10.5. The molecule has 0 radical (unpaired) electrons. The zero-order valence-corrected chi connectivity index (χ0v) is 17.9. The van der Waals surface area contributed by atoms with Crippen molar-refractivity contribution in [1.82, 2.24) is 5.43 Å². The molecule has 3 rings (SSSR count). The van der Waals surface area contributed by atoms with E-state index in [1.54, 1.807) is 60.7 Å². The second-order valence-electron chi connectivity index (χ2n) is 6.32. The van der Waals surface area contributed by atoms with Gasteiger partial charge in [-0.15, -0.1) is 0 Å². The van der Waals surface area contributed by atoms with E-state index in [-0.39, 0.29) is 12.5 Å². The van der Waals surface area contributed by atoms with Crippen LogP contribution in [0.4, 0.5) is 0 Å². The summed E-state index contributed by atoms with van der Waals surface area (Å²) in [6.45, 7) is 0.250. The summed E-state index contributed by atoms with van der Waals surface area (Å²) in [7, 11) is 1.53. The highest BCUT2D eigenvalue weighted by Crippen LogP contribution is 2.29. The van der Waals surface area contributed by atoms with Crippen LogP contribution in [0.25, 0.3) is 0 Å². The number of amides is 1. The molecule has 0 aliphatic heterocycles. The zero-order chi connectivity index (χ0) is 22.2. The van der Waals surface area contributed by atoms with Crippen LogP contribution in [-0.2, 0) is 6.61 Å². The number of nitrogens with one attached hydrogen (secondary N) is 1. The minimum absolute atomic E-state index is 0.250. The topological polar surface area (TPSA) is 83.7 Å². The summed E-state index contributed by atoms with van der Waals surface area (Å²) in [4.78, 5) is 12.1. The molecule has 0 aliphatic rings. The number of hydrazone groups is 1. The van der Waals surface area contributed by atoms with Gasteiger partial charge < -0.3 is 9.47 Å². The third kappa shape index (κ3) is 5.98. The molecule has 8 heteroatoms. The smallest absolute Gasteiger partial charge is 0.271 e. The second-order valence-corrected chi connectivity index (χ2v) is 7.17. The molecule has 6 nitrogen and oxygen atoms in total. The Labute approximate surface area is 189 Å². The number of nitrogens with zero attached hydrogens (tertiary/aromatic N) is 2. The minimum atomic E-state index is -0.382. The van der Waals surface area contributed by atoms with E-state index in [1.165, 1.54) is 13.3 Å². The van der Waals surface area contributed by atoms with Gasteiger partial charge in [0.15, 0.2) is 11.5 Å². The van der Waals surface area contributed by atoms with E-state index in [0.717, 1.165) is 5.56 Å². The van der Waals surface area contributed by atoms with E-state index in [0.29, 0.717) is 38.2 Å². The van der Waals surface area contributed by atoms with Crippen molar-refractivity contribution in [2.45, 2.75) is 6.61 Å². The number of methoxy groups -OCH3 is 1. The predicted octanol–water partition coefficient (Wildman–Crippen LogP) is 5.22. The Morgan fingerprint density at radius 3 is 2.55 bits per heavy atom. The molecule has 3 aromatic rings. The quantitative estimate of drug-likeness (QED) is 0.392. The van der Waals surface area contributed by atoms with Gasteiger partial charge in [-0.2, -0.15) is 10.4 Å². The first-order chi connectivity index (χ1) is 15.0. The fraction of sp³-hybridized carbons (Fsp3) is 0.0870. The molecule has 0 unspecified atom stereocenters. The van der Waals surface area contributed by atoms with Crippen LogP contribution in [0.5, 0.6) is 11.5 Å². The lowest BCUT2D eigenvalue weighted by atomic mass is 10.1. The van der Waals surface area contributed by atoms with Gasteiger partial charge in [-0.3, -0.25) is 4.79 Å². The molecular weight excluding hydrogens is 437 g/mol. The first-order valence-corrected chi connectivity index (χ1v) is 9.84. The van der Waals surface area contributed by atoms with Gasteiger partial charge in [-0.25, -0.2) is 5.43 Å². The van der Waals surface area contributed by atoms with Crippen LogP contribution in [0.2, 0.25) is 10.0 Å². The largest absolute Gasteiger partial charge is 0.493 e. The van der Waals surface area contributed by atoms with Crippen molar-refractivity contribution >= 4 is 35.3 Å². The highest BCUT2D eigenvalue weighted by atomic mass is 35.5. The van der Waals surface area contributed by atoms with E-state index < -0.39 is 0 Å². The standard InChI is InChI=1S/C23H17Cl2N3O3/c1-30-22-10-16(13-27-28-23(29)17-5-2-15(12-26)3-6-17)4-9-21(22)31-14-18-7-8-19(24)11-20(18)25/h2-11,13H,14H2,1H3,(H,28,29)/b27-13-. The molecule has 1 N–H and O–H groups in total. The summed E-state index contributed by atoms with van der Waals surface area (Å²) in [6, 6.07) is 18.7. The zero-order valence-electron chi connectivity index (χ0n) is 16.4. The number of ether oxygens (including phenoxy) is 2. The molecule has 0 spiro atoms. The number of nitriles is 1. The molecule has 0 aliphatic carbocycles. The number of carbonyl (C=O) groups excluding carboxylic acids is 1. The molecule has 156 valence electrons. The maximum absolute atomic E-state index is 12.1. The Morgan fingerprint density at radius 1 is 1.10 bits per heavy atom. The lowest BCUT2D eigenvalue weighted by molar-refractivity contribution is 0.0955. The Morgan fingerprint density at radius 2 is 1.87 bits per heavy atom. The van der Waals surface area contributed by atoms with Gasteiger partial charge in [0.25, 0.3) is 5.91 Å². The molecule has 1 amide bonds. The molecule has 0 bridgehead atoms. The monoisotopic (exact) mass is 453 g/mol. The van der Waals surface area contributed by atoms with Crippen LogP contribution in [0, 0.1) is 11.3 Å². The van der Waals surface area contributed by atoms with Gasteiger partial charge in [0.2, 0.25) is 0 Å². The van der Waals surface area contributed by atoms with E-state index in [1.807, 2.05) is 6.07 Å². The van der Waals surface area contributed by atoms with Gasteiger partial charge in [0.1, 0.15) is 6.61 Å². The molecule has 0 saturated carbocycles. The predicted molar refractivity (Wildman–Crippen MR) is 120 cm³/mol. The van der Waals surface area contributed by atoms with Crippen molar-refractivity contribution in [3.05, 3.63) is 93.0 Å². The Hall–Kier alpha value is -3.53. The van der Waals surface area contributed by atoms with Gasteiger partial charge in [0, 0.05) is 21.2 Å². The highest BCUT2D eigenvalue weighted by molar-refractivity contribution is 6.35. The van der Waals surface area contributed by atoms with Crippen LogP contribution in [0.3, 0.4) is 0 Å². The summed E-state index contributed by atoms with van der Waals surface area (Å²) in [5, 5.41) is 13.8. The molecule has 31 heavy (non-hydrogen) atoms. The SMILES string of the molecule is COc1cc(/C=N\NC(=O)c2ccc(C#N)cc2)ccc1OCc1ccc(Cl)cc1Cl. The fourth-order valence-corrected chi connectivity index (χ4v) is 3.07. The molecule has 0 atom stereocenters. The summed E-state index contributed by atoms with van der Waals surface area (Å²) in [5.41, 5.74) is 4.82. The Balaban J connectivity index is 1.63. The van der Waals surface area contributed by atoms with Gasteiger partial charge in [-0.1, -0.05) is 29.3 Å². The van der Waals surface area contributed by atoms with Crippen molar-refractivity contribution in [2.75, 3.05) is 7.11 Å². The van der Waals surface area contributed by atoms with E-state index >= 15 is 0 Å². The molecule has 3 aromatic carbocycles. The third-order valence-electron chi connectivity index (χ3n) is 4.24. The van der Waals surface area contributed by atoms with Crippen molar-refractivity contribution in [2.24, 2.45) is 5.10 Å². The number of rotatable bonds is 7. The minimum Gasteiger partial charge on any atom is -0.493 e. The van der Waals surface area contributed by atoms with Gasteiger partial charge in [0.05, 0.1) is 25.0 Å². The molecule has 0 fully saturated rings. The number of hydrogen-bond acceptors (Lipinski definition) is 5. The number of benzene rings is 3. The van der Waals surface area contributed by atoms with Crippen LogP contribution in [-0.4, -0.2) is 19.2 Å². The summed E-state index contributed by atoms with van der Waals surface area (Å²) in [6.07, 6.45) is 1.49. The van der Waals surface area contributed by atoms with Crippen LogP contribution in [0.15, 0.2) is 65.8 Å². The summed E-state index contributed by atoms with van der Waals surface area (Å²) >= 11 is 12.1. The Bertz CT molecular complexity index is 1160. The fourth-order valence-electron chi connectivity index (χ4n) is 2.60. The van der Waals surface area contributed by atoms with E-state index in [2.05, 4.69) is 10.5 Å². The van der Waals surface area contributed by atoms with Crippen LogP contribution >= 0.6 is 23.2 Å². The first kappa shape index (κ1) is 22.2. The molecular formula is C23H17Cl2N3O3. The molecule has 0 saturated heterocycles. The van der Waals surface area contributed by atoms with E-state index in [4.69, 9.17) is 37.9 Å². The van der Waals surface area contributed by atoms with Crippen molar-refractivity contribution in [3.63, 3.8) is 0 Å². The highest BCUT2D eigenvalue weighted by Gasteiger charge is 2.08.